The second-order valence-corrected chi connectivity index (χ2v) is 2.33. The number of hydrogen-bond acceptors (Lipinski definition) is 4. The van der Waals surface area contributed by atoms with E-state index in [1.54, 1.807) is 11.6 Å². The van der Waals surface area contributed by atoms with Gasteiger partial charge in [-0.1, -0.05) is 0 Å². The van der Waals surface area contributed by atoms with Crippen LogP contribution >= 0.6 is 0 Å². The van der Waals surface area contributed by atoms with Crippen molar-refractivity contribution in [3.8, 4) is 0 Å². The van der Waals surface area contributed by atoms with Crippen LogP contribution in [-0.2, 0) is 11.3 Å². The first kappa shape index (κ1) is 8.62. The van der Waals surface area contributed by atoms with Gasteiger partial charge < -0.3 is 0 Å². The van der Waals surface area contributed by atoms with E-state index in [2.05, 4.69) is 15.1 Å². The fourth-order valence-electron chi connectivity index (χ4n) is 0.977. The minimum atomic E-state index is -0.259. The summed E-state index contributed by atoms with van der Waals surface area (Å²) in [5.74, 6) is 0.695. The van der Waals surface area contributed by atoms with Crippen molar-refractivity contribution in [1.29, 1.82) is 0 Å². The van der Waals surface area contributed by atoms with Crippen LogP contribution in [0.15, 0.2) is 11.3 Å². The molecule has 0 saturated carbocycles. The van der Waals surface area contributed by atoms with E-state index in [4.69, 9.17) is 0 Å². The van der Waals surface area contributed by atoms with Gasteiger partial charge in [-0.15, -0.1) is 0 Å². The van der Waals surface area contributed by atoms with Crippen molar-refractivity contribution in [2.45, 2.75) is 26.4 Å². The van der Waals surface area contributed by atoms with Gasteiger partial charge in [-0.05, 0) is 13.8 Å². The van der Waals surface area contributed by atoms with Gasteiger partial charge in [-0.25, -0.2) is 14.5 Å². The van der Waals surface area contributed by atoms with Crippen molar-refractivity contribution in [2.24, 2.45) is 4.99 Å². The van der Waals surface area contributed by atoms with E-state index in [0.717, 1.165) is 6.54 Å². The number of rotatable bonds is 3. The van der Waals surface area contributed by atoms with Gasteiger partial charge in [0.05, 0.1) is 0 Å². The number of aromatic nitrogens is 3. The summed E-state index contributed by atoms with van der Waals surface area (Å²) in [5.41, 5.74) is 0. The highest BCUT2D eigenvalue weighted by molar-refractivity contribution is 5.33. The Hall–Kier alpha value is -1.48. The van der Waals surface area contributed by atoms with Crippen molar-refractivity contribution < 1.29 is 4.79 Å². The van der Waals surface area contributed by atoms with Crippen LogP contribution in [0.5, 0.6) is 0 Å². The second-order valence-electron chi connectivity index (χ2n) is 2.33. The molecule has 0 amide bonds. The molecule has 5 nitrogen and oxygen atoms in total. The molecule has 1 heterocycles. The number of isocyanates is 1. The lowest BCUT2D eigenvalue weighted by molar-refractivity contribution is 0.548. The summed E-state index contributed by atoms with van der Waals surface area (Å²) in [4.78, 5) is 17.5. The van der Waals surface area contributed by atoms with E-state index >= 15 is 0 Å². The lowest BCUT2D eigenvalue weighted by atomic mass is 10.3. The molecule has 1 atom stereocenters. The van der Waals surface area contributed by atoms with Crippen LogP contribution in [0.25, 0.3) is 0 Å². The Bertz CT molecular complexity index is 300. The molecule has 0 aliphatic carbocycles. The van der Waals surface area contributed by atoms with Crippen LogP contribution in [0, 0.1) is 0 Å². The maximum Gasteiger partial charge on any atom is 0.235 e. The molecule has 0 aliphatic heterocycles. The van der Waals surface area contributed by atoms with E-state index in [1.807, 2.05) is 6.92 Å². The summed E-state index contributed by atoms with van der Waals surface area (Å²) in [5, 5.41) is 3.95. The molecule has 1 aromatic rings. The smallest absolute Gasteiger partial charge is 0.235 e. The lowest BCUT2D eigenvalue weighted by Crippen LogP contribution is -2.05. The zero-order valence-corrected chi connectivity index (χ0v) is 7.06. The topological polar surface area (TPSA) is 60.1 Å². The van der Waals surface area contributed by atoms with E-state index in [9.17, 15) is 4.79 Å². The summed E-state index contributed by atoms with van der Waals surface area (Å²) >= 11 is 0. The van der Waals surface area contributed by atoms with Gasteiger partial charge in [0.15, 0.2) is 5.82 Å². The van der Waals surface area contributed by atoms with Crippen LogP contribution in [-0.4, -0.2) is 20.8 Å². The zero-order chi connectivity index (χ0) is 8.97. The molecule has 0 bridgehead atoms. The van der Waals surface area contributed by atoms with Crippen molar-refractivity contribution in [1.82, 2.24) is 14.8 Å². The van der Waals surface area contributed by atoms with Crippen LogP contribution in [0.4, 0.5) is 0 Å². The highest BCUT2D eigenvalue weighted by Gasteiger charge is 2.09. The average molecular weight is 166 g/mol. The van der Waals surface area contributed by atoms with E-state index in [1.165, 1.54) is 12.4 Å². The van der Waals surface area contributed by atoms with Gasteiger partial charge in [0.1, 0.15) is 12.4 Å². The molecule has 1 unspecified atom stereocenters. The molecule has 0 saturated heterocycles. The number of aliphatic imine (C=N–C) groups is 1. The van der Waals surface area contributed by atoms with Crippen molar-refractivity contribution in [3.05, 3.63) is 12.2 Å². The molecule has 64 valence electrons. The molecule has 5 heteroatoms. The molecular formula is C7H10N4O. The van der Waals surface area contributed by atoms with Gasteiger partial charge in [0.25, 0.3) is 0 Å². The van der Waals surface area contributed by atoms with Crippen molar-refractivity contribution in [3.63, 3.8) is 0 Å². The lowest BCUT2D eigenvalue weighted by Gasteiger charge is -2.03. The summed E-state index contributed by atoms with van der Waals surface area (Å²) in [6, 6.07) is -0.259. The highest BCUT2D eigenvalue weighted by atomic mass is 16.1. The molecule has 0 fully saturated rings. The monoisotopic (exact) mass is 166 g/mol. The average Bonchev–Trinajstić information content (AvgIpc) is 2.51. The molecule has 0 radical (unpaired) electrons. The Morgan fingerprint density at radius 1 is 1.83 bits per heavy atom. The first-order valence-electron chi connectivity index (χ1n) is 3.74. The maximum absolute atomic E-state index is 9.96. The molecule has 0 aliphatic rings. The third-order valence-corrected chi connectivity index (χ3v) is 1.57. The van der Waals surface area contributed by atoms with Gasteiger partial charge in [-0.3, -0.25) is 0 Å². The quantitative estimate of drug-likeness (QED) is 0.490. The van der Waals surface area contributed by atoms with E-state index in [-0.39, 0.29) is 6.04 Å². The third kappa shape index (κ3) is 1.57. The molecule has 12 heavy (non-hydrogen) atoms. The molecule has 1 aromatic heterocycles. The first-order chi connectivity index (χ1) is 5.79. The Balaban J connectivity index is 2.92. The van der Waals surface area contributed by atoms with E-state index < -0.39 is 0 Å². The molecular weight excluding hydrogens is 156 g/mol. The first-order valence-corrected chi connectivity index (χ1v) is 3.74. The summed E-state index contributed by atoms with van der Waals surface area (Å²) in [6.07, 6.45) is 2.95. The highest BCUT2D eigenvalue weighted by Crippen LogP contribution is 2.11. The standard InChI is InChI=1S/C7H10N4O/c1-3-11-7(8-4-10-11)6(2)9-5-12/h4,6H,3H2,1-2H3. The minimum absolute atomic E-state index is 0.259. The maximum atomic E-state index is 9.96. The van der Waals surface area contributed by atoms with Crippen LogP contribution in [0.2, 0.25) is 0 Å². The number of nitrogens with zero attached hydrogens (tertiary/aromatic N) is 4. The largest absolute Gasteiger partial charge is 0.248 e. The minimum Gasteiger partial charge on any atom is -0.248 e. The van der Waals surface area contributed by atoms with Gasteiger partial charge in [0, 0.05) is 6.54 Å². The predicted octanol–water partition coefficient (Wildman–Crippen LogP) is 0.695. The SMILES string of the molecule is CCn1ncnc1C(C)N=C=O. The van der Waals surface area contributed by atoms with Crippen LogP contribution in [0.3, 0.4) is 0 Å². The second kappa shape index (κ2) is 3.78. The van der Waals surface area contributed by atoms with E-state index in [0.29, 0.717) is 5.82 Å². The summed E-state index contributed by atoms with van der Waals surface area (Å²) in [7, 11) is 0. The Morgan fingerprint density at radius 2 is 2.58 bits per heavy atom. The number of hydrogen-bond donors (Lipinski definition) is 0. The Morgan fingerprint density at radius 3 is 3.17 bits per heavy atom. The molecule has 0 N–H and O–H groups in total. The van der Waals surface area contributed by atoms with Gasteiger partial charge in [0.2, 0.25) is 6.08 Å². The number of aryl methyl sites for hydroxylation is 1. The Kier molecular flexibility index (Phi) is 2.71. The fraction of sp³-hybridized carbons (Fsp3) is 0.571. The molecule has 1 rings (SSSR count). The van der Waals surface area contributed by atoms with Crippen LogP contribution in [0.1, 0.15) is 25.7 Å². The zero-order valence-electron chi connectivity index (χ0n) is 7.06. The summed E-state index contributed by atoms with van der Waals surface area (Å²) in [6.45, 7) is 4.46. The van der Waals surface area contributed by atoms with Gasteiger partial charge in [-0.2, -0.15) is 10.1 Å². The Labute approximate surface area is 70.1 Å². The van der Waals surface area contributed by atoms with Crippen LogP contribution < -0.4 is 0 Å². The van der Waals surface area contributed by atoms with Gasteiger partial charge >= 0.3 is 0 Å². The molecule has 0 aromatic carbocycles. The predicted molar refractivity (Wildman–Crippen MR) is 42.2 cm³/mol. The molecule has 0 spiro atoms. The summed E-state index contributed by atoms with van der Waals surface area (Å²) < 4.78 is 1.70. The fourth-order valence-corrected chi connectivity index (χ4v) is 0.977. The van der Waals surface area contributed by atoms with Crippen molar-refractivity contribution >= 4 is 6.08 Å². The third-order valence-electron chi connectivity index (χ3n) is 1.57. The van der Waals surface area contributed by atoms with Crippen molar-refractivity contribution in [2.75, 3.05) is 0 Å². The normalized spacial score (nSPS) is 12.2. The number of carbonyl (C=O) groups excluding carboxylic acids is 1.